The lowest BCUT2D eigenvalue weighted by Crippen LogP contribution is -1.98. The molecule has 11 rings (SSSR count). The van der Waals surface area contributed by atoms with Gasteiger partial charge in [0.2, 0.25) is 0 Å². The Hall–Kier alpha value is -6.88. The molecule has 0 radical (unpaired) electrons. The van der Waals surface area contributed by atoms with Crippen molar-refractivity contribution in [2.24, 2.45) is 0 Å². The Morgan fingerprint density at radius 1 is 0.389 bits per heavy atom. The van der Waals surface area contributed by atoms with E-state index in [1.165, 1.54) is 32.3 Å². The molecule has 3 nitrogen and oxygen atoms in total. The lowest BCUT2D eigenvalue weighted by molar-refractivity contribution is 0.487. The van der Waals surface area contributed by atoms with Gasteiger partial charge in [0.05, 0.1) is 15.9 Å². The van der Waals surface area contributed by atoms with E-state index in [1.807, 2.05) is 6.07 Å². The molecule has 0 N–H and O–H groups in total. The van der Waals surface area contributed by atoms with Crippen molar-refractivity contribution >= 4 is 42.4 Å². The number of fused-ring (bicyclic) bond motifs is 5. The van der Waals surface area contributed by atoms with Gasteiger partial charge in [-0.05, 0) is 74.7 Å². The van der Waals surface area contributed by atoms with Gasteiger partial charge < -0.3 is 4.74 Å². The van der Waals surface area contributed by atoms with Crippen LogP contribution in [-0.2, 0) is 0 Å². The van der Waals surface area contributed by atoms with Crippen LogP contribution in [0, 0.1) is 0 Å². The molecule has 2 aromatic heterocycles. The minimum Gasteiger partial charge on any atom is -0.456 e. The average Bonchev–Trinajstić information content (AvgIpc) is 3.63. The van der Waals surface area contributed by atoms with Crippen molar-refractivity contribution < 1.29 is 4.74 Å². The number of rotatable bonds is 5. The van der Waals surface area contributed by atoms with Crippen LogP contribution in [0.1, 0.15) is 0 Å². The summed E-state index contributed by atoms with van der Waals surface area (Å²) in [7, 11) is 0. The third kappa shape index (κ3) is 5.03. The van der Waals surface area contributed by atoms with Crippen molar-refractivity contribution in [1.82, 2.24) is 9.97 Å². The standard InChI is InChI=1S/C50H30N2OS/c1-3-11-31(12-4-1)35-15-9-16-37(29-35)47-49-48(42-17-7-8-20-45(42)54-49)52-50(51-47)34-23-21-33(22-24-34)38-27-28-43-46-40(38)18-10-19-41(46)39-26-25-36(30-44(39)53-43)32-13-5-2-6-14-32/h1-30H. The van der Waals surface area contributed by atoms with E-state index in [1.54, 1.807) is 11.3 Å². The van der Waals surface area contributed by atoms with E-state index in [9.17, 15) is 0 Å². The Labute approximate surface area is 316 Å². The molecule has 0 amide bonds. The molecule has 3 heterocycles. The molecule has 0 unspecified atom stereocenters. The van der Waals surface area contributed by atoms with E-state index in [4.69, 9.17) is 14.7 Å². The topological polar surface area (TPSA) is 35.0 Å². The molecule has 0 spiro atoms. The van der Waals surface area contributed by atoms with Gasteiger partial charge in [-0.25, -0.2) is 9.97 Å². The molecule has 1 aliphatic rings. The molecule has 252 valence electrons. The van der Waals surface area contributed by atoms with Crippen LogP contribution in [0.15, 0.2) is 182 Å². The van der Waals surface area contributed by atoms with Gasteiger partial charge in [-0.15, -0.1) is 11.3 Å². The summed E-state index contributed by atoms with van der Waals surface area (Å²) >= 11 is 1.76. The van der Waals surface area contributed by atoms with Crippen molar-refractivity contribution in [3.05, 3.63) is 182 Å². The third-order valence-corrected chi connectivity index (χ3v) is 11.7. The first-order chi connectivity index (χ1) is 26.7. The van der Waals surface area contributed by atoms with Gasteiger partial charge in [-0.3, -0.25) is 0 Å². The maximum absolute atomic E-state index is 6.60. The minimum atomic E-state index is 0.717. The maximum Gasteiger partial charge on any atom is 0.160 e. The molecule has 0 atom stereocenters. The molecule has 0 fully saturated rings. The Kier molecular flexibility index (Phi) is 7.04. The van der Waals surface area contributed by atoms with Crippen LogP contribution in [0.2, 0.25) is 0 Å². The second kappa shape index (κ2) is 12.4. The predicted octanol–water partition coefficient (Wildman–Crippen LogP) is 14.1. The SMILES string of the molecule is c1ccc(-c2cccc(-c3nc(-c4ccc(-c5ccc6c7c(cccc57)-c5ccc(-c7ccccc7)cc5O6)cc4)nc4c3sc3ccccc34)c2)cc1. The molecule has 0 saturated carbocycles. The van der Waals surface area contributed by atoms with Crippen LogP contribution in [0.25, 0.3) is 98.2 Å². The Morgan fingerprint density at radius 2 is 1.02 bits per heavy atom. The Balaban J connectivity index is 1.00. The number of aromatic nitrogens is 2. The largest absolute Gasteiger partial charge is 0.456 e. The predicted molar refractivity (Wildman–Crippen MR) is 225 cm³/mol. The highest BCUT2D eigenvalue weighted by atomic mass is 32.1. The summed E-state index contributed by atoms with van der Waals surface area (Å²) < 4.78 is 8.91. The fourth-order valence-electron chi connectivity index (χ4n) is 7.88. The number of nitrogens with zero attached hydrogens (tertiary/aromatic N) is 2. The summed E-state index contributed by atoms with van der Waals surface area (Å²) in [4.78, 5) is 10.5. The van der Waals surface area contributed by atoms with Gasteiger partial charge in [0.15, 0.2) is 5.82 Å². The Bertz CT molecular complexity index is 3060. The molecule has 0 saturated heterocycles. The average molecular weight is 707 g/mol. The van der Waals surface area contributed by atoms with Crippen molar-refractivity contribution in [3.8, 4) is 78.7 Å². The molecule has 8 aromatic carbocycles. The van der Waals surface area contributed by atoms with Crippen LogP contribution in [-0.4, -0.2) is 9.97 Å². The molecular formula is C50H30N2OS. The number of hydrogen-bond acceptors (Lipinski definition) is 4. The van der Waals surface area contributed by atoms with E-state index >= 15 is 0 Å². The van der Waals surface area contributed by atoms with E-state index < -0.39 is 0 Å². The molecule has 1 aliphatic heterocycles. The molecule has 10 aromatic rings. The van der Waals surface area contributed by atoms with Crippen LogP contribution >= 0.6 is 11.3 Å². The van der Waals surface area contributed by atoms with Gasteiger partial charge >= 0.3 is 0 Å². The smallest absolute Gasteiger partial charge is 0.160 e. The number of thiophene rings is 1. The van der Waals surface area contributed by atoms with Crippen LogP contribution in [0.3, 0.4) is 0 Å². The van der Waals surface area contributed by atoms with Gasteiger partial charge in [-0.1, -0.05) is 152 Å². The number of hydrogen-bond donors (Lipinski definition) is 0. The summed E-state index contributed by atoms with van der Waals surface area (Å²) in [6.45, 7) is 0. The lowest BCUT2D eigenvalue weighted by atomic mass is 9.89. The maximum atomic E-state index is 6.60. The molecule has 0 bridgehead atoms. The van der Waals surface area contributed by atoms with E-state index in [0.717, 1.165) is 77.4 Å². The van der Waals surface area contributed by atoms with Crippen LogP contribution in [0.4, 0.5) is 0 Å². The van der Waals surface area contributed by atoms with Crippen molar-refractivity contribution in [2.45, 2.75) is 0 Å². The molecule has 54 heavy (non-hydrogen) atoms. The highest BCUT2D eigenvalue weighted by Gasteiger charge is 2.23. The highest BCUT2D eigenvalue weighted by Crippen LogP contribution is 2.49. The van der Waals surface area contributed by atoms with E-state index in [2.05, 4.69) is 176 Å². The van der Waals surface area contributed by atoms with Gasteiger partial charge in [0.25, 0.3) is 0 Å². The van der Waals surface area contributed by atoms with Crippen molar-refractivity contribution in [3.63, 3.8) is 0 Å². The van der Waals surface area contributed by atoms with Crippen LogP contribution in [0.5, 0.6) is 11.5 Å². The summed E-state index contributed by atoms with van der Waals surface area (Å²) in [5.74, 6) is 2.48. The third-order valence-electron chi connectivity index (χ3n) is 10.5. The summed E-state index contributed by atoms with van der Waals surface area (Å²) in [6, 6.07) is 64.3. The summed E-state index contributed by atoms with van der Waals surface area (Å²) in [6.07, 6.45) is 0. The quantitative estimate of drug-likeness (QED) is 0.179. The van der Waals surface area contributed by atoms with Gasteiger partial charge in [0.1, 0.15) is 11.5 Å². The van der Waals surface area contributed by atoms with E-state index in [-0.39, 0.29) is 0 Å². The molecular weight excluding hydrogens is 677 g/mol. The normalized spacial score (nSPS) is 11.9. The highest BCUT2D eigenvalue weighted by molar-refractivity contribution is 7.26. The zero-order chi connectivity index (χ0) is 35.6. The monoisotopic (exact) mass is 706 g/mol. The lowest BCUT2D eigenvalue weighted by Gasteiger charge is -2.23. The molecule has 0 aliphatic carbocycles. The fourth-order valence-corrected chi connectivity index (χ4v) is 9.04. The number of benzene rings is 8. The molecule has 4 heteroatoms. The Morgan fingerprint density at radius 3 is 1.83 bits per heavy atom. The van der Waals surface area contributed by atoms with Gasteiger partial charge in [0, 0.05) is 32.2 Å². The van der Waals surface area contributed by atoms with Crippen LogP contribution < -0.4 is 4.74 Å². The second-order valence-electron chi connectivity index (χ2n) is 13.7. The van der Waals surface area contributed by atoms with E-state index in [0.29, 0.717) is 0 Å². The van der Waals surface area contributed by atoms with Crippen molar-refractivity contribution in [1.29, 1.82) is 0 Å². The van der Waals surface area contributed by atoms with Crippen molar-refractivity contribution in [2.75, 3.05) is 0 Å². The summed E-state index contributed by atoms with van der Waals surface area (Å²) in [5.41, 5.74) is 13.3. The first kappa shape index (κ1) is 30.7. The zero-order valence-electron chi connectivity index (χ0n) is 29.0. The summed E-state index contributed by atoms with van der Waals surface area (Å²) in [5, 5.41) is 3.46. The minimum absolute atomic E-state index is 0.717. The first-order valence-electron chi connectivity index (χ1n) is 18.1. The second-order valence-corrected chi connectivity index (χ2v) is 14.8. The number of ether oxygens (including phenoxy) is 1. The zero-order valence-corrected chi connectivity index (χ0v) is 29.8. The first-order valence-corrected chi connectivity index (χ1v) is 19.0. The van der Waals surface area contributed by atoms with Gasteiger partial charge in [-0.2, -0.15) is 0 Å². The fraction of sp³-hybridized carbons (Fsp3) is 0.